The first-order valence-electron chi connectivity index (χ1n) is 4.10. The van der Waals surface area contributed by atoms with Crippen molar-refractivity contribution in [2.45, 2.75) is 6.92 Å². The Morgan fingerprint density at radius 1 is 1.43 bits per heavy atom. The van der Waals surface area contributed by atoms with Gasteiger partial charge in [-0.2, -0.15) is 0 Å². The summed E-state index contributed by atoms with van der Waals surface area (Å²) < 4.78 is 14.6. The predicted molar refractivity (Wildman–Crippen MR) is 50.4 cm³/mol. The van der Waals surface area contributed by atoms with Gasteiger partial charge in [-0.05, 0) is 30.7 Å². The van der Waals surface area contributed by atoms with Gasteiger partial charge in [0.1, 0.15) is 11.5 Å². The molecule has 0 atom stereocenters. The molecule has 1 aromatic rings. The third kappa shape index (κ3) is 2.65. The highest BCUT2D eigenvalue weighted by molar-refractivity contribution is 5.39. The molecule has 0 aliphatic heterocycles. The van der Waals surface area contributed by atoms with Crippen molar-refractivity contribution in [2.24, 2.45) is 0 Å². The maximum Gasteiger partial charge on any atom is 0.295 e. The second kappa shape index (κ2) is 5.11. The van der Waals surface area contributed by atoms with Crippen LogP contribution in [0.2, 0.25) is 0 Å². The molecule has 0 aromatic heterocycles. The molecule has 0 radical (unpaired) electrons. The number of methoxy groups -OCH3 is 1. The standard InChI is InChI=1S/C10H12O4/c1-8-5-9(12-2)3-4-10(8)14-7-13-6-11/h3-6H,7H2,1-2H3. The molecule has 1 aromatic carbocycles. The maximum absolute atomic E-state index is 9.86. The van der Waals surface area contributed by atoms with Crippen molar-refractivity contribution < 1.29 is 19.0 Å². The first kappa shape index (κ1) is 10.4. The Balaban J connectivity index is 2.63. The van der Waals surface area contributed by atoms with Crippen molar-refractivity contribution in [1.82, 2.24) is 0 Å². The molecule has 0 unspecified atom stereocenters. The molecule has 0 bridgehead atoms. The first-order chi connectivity index (χ1) is 6.77. The van der Waals surface area contributed by atoms with Gasteiger partial charge in [-0.25, -0.2) is 0 Å². The fraction of sp³-hybridized carbons (Fsp3) is 0.300. The molecule has 76 valence electrons. The molecular weight excluding hydrogens is 184 g/mol. The van der Waals surface area contributed by atoms with Gasteiger partial charge >= 0.3 is 0 Å². The zero-order valence-electron chi connectivity index (χ0n) is 8.15. The Kier molecular flexibility index (Phi) is 3.79. The monoisotopic (exact) mass is 196 g/mol. The summed E-state index contributed by atoms with van der Waals surface area (Å²) in [6.45, 7) is 2.16. The summed E-state index contributed by atoms with van der Waals surface area (Å²) >= 11 is 0. The lowest BCUT2D eigenvalue weighted by Crippen LogP contribution is -2.02. The Morgan fingerprint density at radius 2 is 2.21 bits per heavy atom. The van der Waals surface area contributed by atoms with Crippen molar-refractivity contribution in [2.75, 3.05) is 13.9 Å². The molecule has 0 aliphatic rings. The predicted octanol–water partition coefficient (Wildman–Crippen LogP) is 1.51. The number of ether oxygens (including phenoxy) is 3. The summed E-state index contributed by atoms with van der Waals surface area (Å²) in [5.41, 5.74) is 0.929. The van der Waals surface area contributed by atoms with Crippen LogP contribution in [0.15, 0.2) is 18.2 Å². The van der Waals surface area contributed by atoms with E-state index in [9.17, 15) is 4.79 Å². The third-order valence-electron chi connectivity index (χ3n) is 1.73. The fourth-order valence-electron chi connectivity index (χ4n) is 1.04. The van der Waals surface area contributed by atoms with Gasteiger partial charge in [-0.3, -0.25) is 4.79 Å². The third-order valence-corrected chi connectivity index (χ3v) is 1.73. The highest BCUT2D eigenvalue weighted by Gasteiger charge is 2.00. The highest BCUT2D eigenvalue weighted by atomic mass is 16.7. The van der Waals surface area contributed by atoms with E-state index in [-0.39, 0.29) is 6.79 Å². The second-order valence-electron chi connectivity index (χ2n) is 2.66. The van der Waals surface area contributed by atoms with Crippen LogP contribution in [-0.2, 0) is 9.53 Å². The van der Waals surface area contributed by atoms with E-state index in [4.69, 9.17) is 9.47 Å². The van der Waals surface area contributed by atoms with Crippen LogP contribution >= 0.6 is 0 Å². The lowest BCUT2D eigenvalue weighted by atomic mass is 10.2. The van der Waals surface area contributed by atoms with Gasteiger partial charge in [0, 0.05) is 0 Å². The van der Waals surface area contributed by atoms with Crippen LogP contribution in [0.1, 0.15) is 5.56 Å². The Morgan fingerprint density at radius 3 is 2.79 bits per heavy atom. The summed E-state index contributed by atoms with van der Waals surface area (Å²) in [5.74, 6) is 1.44. The van der Waals surface area contributed by atoms with Gasteiger partial charge < -0.3 is 14.2 Å². The minimum absolute atomic E-state index is 0.0727. The van der Waals surface area contributed by atoms with Crippen molar-refractivity contribution in [1.29, 1.82) is 0 Å². The van der Waals surface area contributed by atoms with E-state index < -0.39 is 0 Å². The van der Waals surface area contributed by atoms with Crippen LogP contribution in [0.3, 0.4) is 0 Å². The fourth-order valence-corrected chi connectivity index (χ4v) is 1.04. The van der Waals surface area contributed by atoms with Crippen molar-refractivity contribution in [3.05, 3.63) is 23.8 Å². The lowest BCUT2D eigenvalue weighted by Gasteiger charge is -2.08. The van der Waals surface area contributed by atoms with Crippen LogP contribution in [0.25, 0.3) is 0 Å². The molecule has 0 saturated heterocycles. The van der Waals surface area contributed by atoms with Gasteiger partial charge in [0.2, 0.25) is 6.79 Å². The molecule has 4 nitrogen and oxygen atoms in total. The van der Waals surface area contributed by atoms with Crippen LogP contribution in [0, 0.1) is 6.92 Å². The van der Waals surface area contributed by atoms with E-state index in [0.717, 1.165) is 11.3 Å². The summed E-state index contributed by atoms with van der Waals surface area (Å²) in [6.07, 6.45) is 0. The number of hydrogen-bond donors (Lipinski definition) is 0. The molecule has 0 N–H and O–H groups in total. The Bertz CT molecular complexity index is 309. The zero-order chi connectivity index (χ0) is 10.4. The Hall–Kier alpha value is -1.71. The SMILES string of the molecule is COc1ccc(OCOC=O)c(C)c1. The van der Waals surface area contributed by atoms with Crippen LogP contribution in [0.4, 0.5) is 0 Å². The number of carbonyl (C=O) groups is 1. The van der Waals surface area contributed by atoms with E-state index in [1.165, 1.54) is 0 Å². The largest absolute Gasteiger partial charge is 0.497 e. The van der Waals surface area contributed by atoms with E-state index in [1.54, 1.807) is 19.2 Å². The molecule has 0 amide bonds. The van der Waals surface area contributed by atoms with Crippen LogP contribution in [-0.4, -0.2) is 20.4 Å². The number of rotatable bonds is 5. The van der Waals surface area contributed by atoms with E-state index in [1.807, 2.05) is 13.0 Å². The topological polar surface area (TPSA) is 44.8 Å². The van der Waals surface area contributed by atoms with Crippen LogP contribution in [0.5, 0.6) is 11.5 Å². The summed E-state index contributed by atoms with van der Waals surface area (Å²) in [6, 6.07) is 5.39. The minimum Gasteiger partial charge on any atom is -0.497 e. The van der Waals surface area contributed by atoms with E-state index >= 15 is 0 Å². The Labute approximate surface area is 82.4 Å². The van der Waals surface area contributed by atoms with Crippen molar-refractivity contribution in [3.63, 3.8) is 0 Å². The molecule has 0 fully saturated rings. The summed E-state index contributed by atoms with van der Waals surface area (Å²) in [7, 11) is 1.60. The minimum atomic E-state index is -0.0727. The molecule has 0 aliphatic carbocycles. The van der Waals surface area contributed by atoms with Crippen LogP contribution < -0.4 is 9.47 Å². The smallest absolute Gasteiger partial charge is 0.295 e. The quantitative estimate of drug-likeness (QED) is 0.407. The van der Waals surface area contributed by atoms with E-state index in [0.29, 0.717) is 12.2 Å². The number of carbonyl (C=O) groups excluding carboxylic acids is 1. The van der Waals surface area contributed by atoms with Gasteiger partial charge in [-0.15, -0.1) is 0 Å². The van der Waals surface area contributed by atoms with Gasteiger partial charge in [-0.1, -0.05) is 0 Å². The molecule has 14 heavy (non-hydrogen) atoms. The first-order valence-corrected chi connectivity index (χ1v) is 4.10. The average molecular weight is 196 g/mol. The highest BCUT2D eigenvalue weighted by Crippen LogP contribution is 2.22. The van der Waals surface area contributed by atoms with Gasteiger partial charge in [0.05, 0.1) is 7.11 Å². The summed E-state index contributed by atoms with van der Waals surface area (Å²) in [5, 5.41) is 0. The lowest BCUT2D eigenvalue weighted by molar-refractivity contribution is -0.134. The van der Waals surface area contributed by atoms with Gasteiger partial charge in [0.25, 0.3) is 6.47 Å². The van der Waals surface area contributed by atoms with Crippen molar-refractivity contribution >= 4 is 6.47 Å². The molecule has 0 spiro atoms. The number of aryl methyl sites for hydroxylation is 1. The zero-order valence-corrected chi connectivity index (χ0v) is 8.15. The number of benzene rings is 1. The second-order valence-corrected chi connectivity index (χ2v) is 2.66. The molecule has 4 heteroatoms. The molecule has 0 saturated carbocycles. The molecular formula is C10H12O4. The molecule has 1 rings (SSSR count). The summed E-state index contributed by atoms with van der Waals surface area (Å²) in [4.78, 5) is 9.86. The number of hydrogen-bond acceptors (Lipinski definition) is 4. The maximum atomic E-state index is 9.86. The van der Waals surface area contributed by atoms with E-state index in [2.05, 4.69) is 4.74 Å². The average Bonchev–Trinajstić information content (AvgIpc) is 2.20. The van der Waals surface area contributed by atoms with Gasteiger partial charge in [0.15, 0.2) is 0 Å². The van der Waals surface area contributed by atoms with Crippen molar-refractivity contribution in [3.8, 4) is 11.5 Å². The molecule has 0 heterocycles. The normalized spacial score (nSPS) is 9.29.